The van der Waals surface area contributed by atoms with E-state index in [0.717, 1.165) is 36.1 Å². The molecule has 1 saturated heterocycles. The molecule has 2 unspecified atom stereocenters. The van der Waals surface area contributed by atoms with Gasteiger partial charge in [-0.25, -0.2) is 9.18 Å². The number of anilines is 1. The van der Waals surface area contributed by atoms with Gasteiger partial charge in [-0.05, 0) is 92.6 Å². The molecule has 190 valence electrons. The van der Waals surface area contributed by atoms with Crippen LogP contribution >= 0.6 is 0 Å². The predicted molar refractivity (Wildman–Crippen MR) is 136 cm³/mol. The van der Waals surface area contributed by atoms with E-state index in [4.69, 9.17) is 9.47 Å². The topological polar surface area (TPSA) is 88.7 Å². The van der Waals surface area contributed by atoms with Gasteiger partial charge in [-0.1, -0.05) is 12.1 Å². The van der Waals surface area contributed by atoms with Crippen LogP contribution in [-0.4, -0.2) is 36.7 Å². The van der Waals surface area contributed by atoms with Gasteiger partial charge in [0.1, 0.15) is 11.4 Å². The Morgan fingerprint density at radius 1 is 1.17 bits per heavy atom. The second-order valence-electron chi connectivity index (χ2n) is 10.6. The lowest BCUT2D eigenvalue weighted by atomic mass is 9.80. The number of hydrogen-bond acceptors (Lipinski definition) is 5. The van der Waals surface area contributed by atoms with Crippen molar-refractivity contribution in [1.82, 2.24) is 10.6 Å². The minimum absolute atomic E-state index is 0.00341. The zero-order chi connectivity index (χ0) is 25.4. The second-order valence-corrected chi connectivity index (χ2v) is 10.6. The molecule has 3 N–H and O–H groups in total. The van der Waals surface area contributed by atoms with Gasteiger partial charge in [-0.15, -0.1) is 0 Å². The molecule has 0 aliphatic carbocycles. The monoisotopic (exact) mass is 493 g/mol. The van der Waals surface area contributed by atoms with Gasteiger partial charge in [0.15, 0.2) is 0 Å². The fourth-order valence-corrected chi connectivity index (χ4v) is 5.25. The lowest BCUT2D eigenvalue weighted by molar-refractivity contribution is -0.110. The van der Waals surface area contributed by atoms with Crippen LogP contribution in [0.4, 0.5) is 14.9 Å². The third-order valence-corrected chi connectivity index (χ3v) is 6.82. The highest BCUT2D eigenvalue weighted by molar-refractivity contribution is 6.37. The number of benzene rings is 2. The summed E-state index contributed by atoms with van der Waals surface area (Å²) < 4.78 is 25.6. The van der Waals surface area contributed by atoms with Crippen molar-refractivity contribution in [1.29, 1.82) is 0 Å². The Bertz CT molecular complexity index is 1230. The highest BCUT2D eigenvalue weighted by atomic mass is 19.1. The summed E-state index contributed by atoms with van der Waals surface area (Å²) >= 11 is 0. The Morgan fingerprint density at radius 3 is 2.72 bits per heavy atom. The number of halogens is 1. The van der Waals surface area contributed by atoms with E-state index in [1.54, 1.807) is 6.07 Å². The Balaban J connectivity index is 1.70. The number of piperidine rings is 1. The van der Waals surface area contributed by atoms with Crippen LogP contribution in [-0.2, 0) is 27.5 Å². The van der Waals surface area contributed by atoms with Gasteiger partial charge in [0.25, 0.3) is 5.91 Å². The molecular formula is C28H32FN3O4. The van der Waals surface area contributed by atoms with Crippen molar-refractivity contribution >= 4 is 28.8 Å². The molecule has 5 rings (SSSR count). The van der Waals surface area contributed by atoms with E-state index in [0.29, 0.717) is 42.2 Å². The van der Waals surface area contributed by atoms with E-state index in [-0.39, 0.29) is 11.8 Å². The van der Waals surface area contributed by atoms with E-state index in [9.17, 15) is 14.0 Å². The maximum absolute atomic E-state index is 14.4. The summed E-state index contributed by atoms with van der Waals surface area (Å²) in [5, 5.41) is 9.39. The molecule has 2 aromatic rings. The molecule has 0 radical (unpaired) electrons. The predicted octanol–water partition coefficient (Wildman–Crippen LogP) is 4.61. The first-order chi connectivity index (χ1) is 17.2. The first-order valence-electron chi connectivity index (χ1n) is 12.5. The number of fused-ring (bicyclic) bond motifs is 2. The number of carbonyl (C=O) groups excluding carboxylic acids is 2. The molecule has 1 fully saturated rings. The van der Waals surface area contributed by atoms with Crippen LogP contribution in [0.2, 0.25) is 0 Å². The van der Waals surface area contributed by atoms with Crippen LogP contribution in [0.15, 0.2) is 36.4 Å². The molecule has 0 aromatic heterocycles. The van der Waals surface area contributed by atoms with Crippen molar-refractivity contribution in [3.8, 4) is 0 Å². The molecule has 0 saturated carbocycles. The molecule has 0 spiro atoms. The Labute approximate surface area is 210 Å². The fraction of sp³-hybridized carbons (Fsp3) is 0.429. The van der Waals surface area contributed by atoms with Gasteiger partial charge in [0, 0.05) is 17.8 Å². The average Bonchev–Trinajstić information content (AvgIpc) is 3.42. The molecule has 7 nitrogen and oxygen atoms in total. The summed E-state index contributed by atoms with van der Waals surface area (Å²) in [4.78, 5) is 26.5. The minimum atomic E-state index is -0.682. The standard InChI is InChI=1S/C28H32FN3O4/c1-28(2,3)36-27(34)32-25(17-5-4-10-30-13-17)23(16-6-7-18-14-35-15-19(18)11-16)24-21-12-20(29)8-9-22(21)31-26(24)33/h6-9,11-12,17,25,30H,4-5,10,13-15H2,1-3H3,(H,31,33)(H,32,34). The fourth-order valence-electron chi connectivity index (χ4n) is 5.25. The summed E-state index contributed by atoms with van der Waals surface area (Å²) in [6.45, 7) is 8.03. The number of carbonyl (C=O) groups is 2. The molecule has 2 aromatic carbocycles. The van der Waals surface area contributed by atoms with Crippen LogP contribution in [0.5, 0.6) is 0 Å². The zero-order valence-corrected chi connectivity index (χ0v) is 20.9. The van der Waals surface area contributed by atoms with Crippen molar-refractivity contribution in [2.24, 2.45) is 5.92 Å². The molecule has 0 bridgehead atoms. The third-order valence-electron chi connectivity index (χ3n) is 6.82. The Hall–Kier alpha value is -3.23. The van der Waals surface area contributed by atoms with Crippen LogP contribution in [0, 0.1) is 11.7 Å². The molecule has 8 heteroatoms. The normalized spacial score (nSPS) is 21.3. The average molecular weight is 494 g/mol. The van der Waals surface area contributed by atoms with Crippen LogP contribution in [0.3, 0.4) is 0 Å². The molecule has 3 heterocycles. The van der Waals surface area contributed by atoms with Crippen molar-refractivity contribution in [2.45, 2.75) is 58.5 Å². The number of nitrogens with one attached hydrogen (secondary N) is 3. The zero-order valence-electron chi connectivity index (χ0n) is 20.9. The number of alkyl carbamates (subject to hydrolysis) is 1. The summed E-state index contributed by atoms with van der Waals surface area (Å²) in [6, 6.07) is 9.72. The number of hydrogen-bond donors (Lipinski definition) is 3. The van der Waals surface area contributed by atoms with Crippen molar-refractivity contribution in [2.75, 3.05) is 18.4 Å². The lowest BCUT2D eigenvalue weighted by Crippen LogP contribution is -2.48. The van der Waals surface area contributed by atoms with E-state index in [2.05, 4.69) is 16.0 Å². The van der Waals surface area contributed by atoms with Gasteiger partial charge in [0.05, 0.1) is 24.8 Å². The quantitative estimate of drug-likeness (QED) is 0.542. The molecule has 3 aliphatic rings. The number of rotatable bonds is 4. The summed E-state index contributed by atoms with van der Waals surface area (Å²) in [6.07, 6.45) is 1.24. The van der Waals surface area contributed by atoms with Crippen LogP contribution in [0.25, 0.3) is 11.1 Å². The number of amides is 2. The number of ether oxygens (including phenoxy) is 2. The highest BCUT2D eigenvalue weighted by Gasteiger charge is 2.37. The van der Waals surface area contributed by atoms with E-state index in [1.807, 2.05) is 39.0 Å². The Morgan fingerprint density at radius 2 is 1.97 bits per heavy atom. The lowest BCUT2D eigenvalue weighted by Gasteiger charge is -2.34. The summed E-state index contributed by atoms with van der Waals surface area (Å²) in [7, 11) is 0. The smallest absolute Gasteiger partial charge is 0.408 e. The van der Waals surface area contributed by atoms with Gasteiger partial charge in [0.2, 0.25) is 0 Å². The van der Waals surface area contributed by atoms with Gasteiger partial charge in [-0.3, -0.25) is 4.79 Å². The highest BCUT2D eigenvalue weighted by Crippen LogP contribution is 2.41. The second kappa shape index (κ2) is 9.67. The first kappa shape index (κ1) is 24.5. The minimum Gasteiger partial charge on any atom is -0.444 e. The van der Waals surface area contributed by atoms with Crippen LogP contribution < -0.4 is 16.0 Å². The molecule has 3 aliphatic heterocycles. The maximum atomic E-state index is 14.4. The van der Waals surface area contributed by atoms with Crippen molar-refractivity contribution in [3.63, 3.8) is 0 Å². The maximum Gasteiger partial charge on any atom is 0.408 e. The third kappa shape index (κ3) is 5.01. The molecular weight excluding hydrogens is 461 g/mol. The van der Waals surface area contributed by atoms with Crippen LogP contribution in [0.1, 0.15) is 55.9 Å². The SMILES string of the molecule is CC(C)(C)OC(=O)NC(C(=C1C(=O)Nc2ccc(F)cc21)c1ccc2c(c1)COC2)C1CCCNC1. The summed E-state index contributed by atoms with van der Waals surface area (Å²) in [5.74, 6) is -0.744. The molecule has 2 atom stereocenters. The van der Waals surface area contributed by atoms with Gasteiger partial charge < -0.3 is 25.4 Å². The van der Waals surface area contributed by atoms with E-state index < -0.39 is 23.6 Å². The molecule has 2 amide bonds. The van der Waals surface area contributed by atoms with Gasteiger partial charge >= 0.3 is 6.09 Å². The summed E-state index contributed by atoms with van der Waals surface area (Å²) in [5.41, 5.74) is 4.33. The van der Waals surface area contributed by atoms with Gasteiger partial charge in [-0.2, -0.15) is 0 Å². The largest absolute Gasteiger partial charge is 0.444 e. The molecule has 36 heavy (non-hydrogen) atoms. The first-order valence-corrected chi connectivity index (χ1v) is 12.5. The van der Waals surface area contributed by atoms with E-state index >= 15 is 0 Å². The van der Waals surface area contributed by atoms with Crippen molar-refractivity contribution < 1.29 is 23.5 Å². The van der Waals surface area contributed by atoms with E-state index in [1.165, 1.54) is 12.1 Å². The van der Waals surface area contributed by atoms with Crippen molar-refractivity contribution in [3.05, 3.63) is 64.5 Å². The Kier molecular flexibility index (Phi) is 6.57.